The highest BCUT2D eigenvalue weighted by Crippen LogP contribution is 2.53. The number of rotatable bonds is 11. The fourth-order valence-electron chi connectivity index (χ4n) is 7.07. The summed E-state index contributed by atoms with van der Waals surface area (Å²) < 4.78 is 6.01. The predicted molar refractivity (Wildman–Crippen MR) is 190 cm³/mol. The summed E-state index contributed by atoms with van der Waals surface area (Å²) in [5, 5.41) is 6.77. The zero-order valence-corrected chi connectivity index (χ0v) is 28.8. The molecule has 3 aromatic carbocycles. The number of ether oxygens (including phenoxy) is 1. The quantitative estimate of drug-likeness (QED) is 0.0876. The smallest absolute Gasteiger partial charge is 0.275 e. The molecule has 0 bridgehead atoms. The van der Waals surface area contributed by atoms with Crippen molar-refractivity contribution in [3.05, 3.63) is 99.0 Å². The summed E-state index contributed by atoms with van der Waals surface area (Å²) in [5.74, 6) is 6.71. The van der Waals surface area contributed by atoms with E-state index >= 15 is 0 Å². The molecule has 48 heavy (non-hydrogen) atoms. The number of hydrazone groups is 1. The summed E-state index contributed by atoms with van der Waals surface area (Å²) in [6.45, 7) is 4.90. The molecule has 9 nitrogen and oxygen atoms in total. The molecule has 1 aliphatic heterocycles. The highest BCUT2D eigenvalue weighted by atomic mass is 35.5. The number of nitrogens with two attached hydrogens (primary N) is 2. The zero-order chi connectivity index (χ0) is 34.0. The number of nitrogens with zero attached hydrogens (tertiary/aromatic N) is 3. The van der Waals surface area contributed by atoms with Crippen LogP contribution in [0.1, 0.15) is 85.5 Å². The van der Waals surface area contributed by atoms with Crippen molar-refractivity contribution >= 4 is 46.6 Å². The van der Waals surface area contributed by atoms with Gasteiger partial charge in [-0.25, -0.2) is 0 Å². The van der Waals surface area contributed by atoms with Crippen LogP contribution in [0.2, 0.25) is 10.0 Å². The summed E-state index contributed by atoms with van der Waals surface area (Å²) in [5.41, 5.74) is 8.36. The lowest BCUT2D eigenvalue weighted by Gasteiger charge is -2.46. The van der Waals surface area contributed by atoms with Gasteiger partial charge in [-0.3, -0.25) is 14.6 Å². The number of benzene rings is 3. The average Bonchev–Trinajstić information content (AvgIpc) is 3.89. The summed E-state index contributed by atoms with van der Waals surface area (Å²) in [7, 11) is 0. The number of carbonyl (C=O) groups is 2. The molecular weight excluding hydrogens is 647 g/mol. The van der Waals surface area contributed by atoms with Crippen molar-refractivity contribution in [2.24, 2.45) is 39.4 Å². The van der Waals surface area contributed by atoms with Gasteiger partial charge < -0.3 is 26.5 Å². The molecule has 1 atom stereocenters. The largest absolute Gasteiger partial charge is 0.486 e. The minimum absolute atomic E-state index is 0.0538. The van der Waals surface area contributed by atoms with Crippen molar-refractivity contribution in [1.82, 2.24) is 10.2 Å². The molecule has 2 fully saturated rings. The third kappa shape index (κ3) is 7.03. The Morgan fingerprint density at radius 2 is 1.67 bits per heavy atom. The van der Waals surface area contributed by atoms with Gasteiger partial charge in [0.1, 0.15) is 23.8 Å². The number of nitrogens with one attached hydrogen (secondary N) is 1. The molecule has 3 aliphatic rings. The van der Waals surface area contributed by atoms with Gasteiger partial charge in [-0.15, -0.1) is 0 Å². The van der Waals surface area contributed by atoms with Gasteiger partial charge in [0.2, 0.25) is 0 Å². The fraction of sp³-hybridized carbons (Fsp3) is 0.405. The number of hydrogen-bond acceptors (Lipinski definition) is 6. The Bertz CT molecular complexity index is 1690. The summed E-state index contributed by atoms with van der Waals surface area (Å²) in [6.07, 6.45) is 5.55. The fourth-order valence-corrected chi connectivity index (χ4v) is 7.66. The van der Waals surface area contributed by atoms with E-state index in [9.17, 15) is 9.59 Å². The second-order valence-electron chi connectivity index (χ2n) is 13.5. The van der Waals surface area contributed by atoms with Crippen molar-refractivity contribution in [2.45, 2.75) is 70.7 Å². The first-order valence-corrected chi connectivity index (χ1v) is 17.4. The lowest BCUT2D eigenvalue weighted by molar-refractivity contribution is -0.134. The van der Waals surface area contributed by atoms with Gasteiger partial charge >= 0.3 is 0 Å². The topological polar surface area (TPSA) is 135 Å². The van der Waals surface area contributed by atoms with E-state index < -0.39 is 5.66 Å². The van der Waals surface area contributed by atoms with E-state index in [1.807, 2.05) is 47.4 Å². The Morgan fingerprint density at radius 1 is 1.02 bits per heavy atom. The molecule has 3 aromatic rings. The lowest BCUT2D eigenvalue weighted by Crippen LogP contribution is -2.51. The lowest BCUT2D eigenvalue weighted by atomic mass is 9.76. The van der Waals surface area contributed by atoms with Crippen LogP contribution in [0.4, 0.5) is 0 Å². The third-order valence-corrected chi connectivity index (χ3v) is 10.5. The van der Waals surface area contributed by atoms with E-state index in [1.165, 1.54) is 0 Å². The Balaban J connectivity index is 1.31. The molecule has 2 saturated carbocycles. The van der Waals surface area contributed by atoms with Crippen molar-refractivity contribution in [3.63, 3.8) is 0 Å². The maximum Gasteiger partial charge on any atom is 0.275 e. The Hall–Kier alpha value is -4.08. The van der Waals surface area contributed by atoms with Gasteiger partial charge in [0.25, 0.3) is 11.8 Å². The van der Waals surface area contributed by atoms with Gasteiger partial charge in [-0.05, 0) is 91.7 Å². The molecule has 252 valence electrons. The van der Waals surface area contributed by atoms with Crippen molar-refractivity contribution < 1.29 is 14.3 Å². The Labute approximate surface area is 291 Å². The van der Waals surface area contributed by atoms with Crippen LogP contribution in [-0.2, 0) is 11.4 Å². The van der Waals surface area contributed by atoms with E-state index in [2.05, 4.69) is 24.3 Å². The zero-order valence-electron chi connectivity index (χ0n) is 27.3. The molecule has 0 aromatic heterocycles. The average molecular weight is 690 g/mol. The molecule has 0 unspecified atom stereocenters. The minimum atomic E-state index is -0.679. The standard InChI is InChI=1S/C37H42Cl2N6O3/c1-22(2)24-14-16-37(17-15-24)43-32(28-18-29(38)34(30(39)19-28)48-21-23-6-4-3-5-7-23)36(47)45(37)33(25-8-9-25)26-10-12-27(13-11-26)35(46)42-20-31(40)44-41/h3-7,10-13,18-19,22,24-25,33H,8-9,14-17,20-21,41H2,1-2H3,(H2,40,44)(H,42,46)/t24?,33-,37?/m1/s1. The monoisotopic (exact) mass is 688 g/mol. The highest BCUT2D eigenvalue weighted by Gasteiger charge is 2.55. The van der Waals surface area contributed by atoms with Gasteiger partial charge in [0, 0.05) is 11.1 Å². The summed E-state index contributed by atoms with van der Waals surface area (Å²) in [4.78, 5) is 34.8. The van der Waals surface area contributed by atoms with Gasteiger partial charge in [0.05, 0.1) is 22.6 Å². The van der Waals surface area contributed by atoms with E-state index in [4.69, 9.17) is 44.5 Å². The first kappa shape index (κ1) is 33.8. The van der Waals surface area contributed by atoms with Gasteiger partial charge in [0.15, 0.2) is 5.75 Å². The van der Waals surface area contributed by atoms with Crippen LogP contribution in [0.3, 0.4) is 0 Å². The first-order valence-electron chi connectivity index (χ1n) is 16.6. The predicted octanol–water partition coefficient (Wildman–Crippen LogP) is 6.86. The van der Waals surface area contributed by atoms with Crippen molar-refractivity contribution in [2.75, 3.05) is 6.54 Å². The molecule has 2 amide bonds. The van der Waals surface area contributed by atoms with Crippen LogP contribution >= 0.6 is 23.2 Å². The molecule has 1 heterocycles. The molecule has 5 N–H and O–H groups in total. The van der Waals surface area contributed by atoms with Crippen LogP contribution < -0.4 is 21.6 Å². The van der Waals surface area contributed by atoms with Crippen LogP contribution in [0, 0.1) is 17.8 Å². The number of carbonyl (C=O) groups excluding carboxylic acids is 2. The van der Waals surface area contributed by atoms with Crippen LogP contribution in [0.5, 0.6) is 5.75 Å². The normalized spacial score (nSPS) is 21.8. The van der Waals surface area contributed by atoms with Crippen molar-refractivity contribution in [1.29, 1.82) is 0 Å². The van der Waals surface area contributed by atoms with Crippen LogP contribution in [0.15, 0.2) is 76.8 Å². The maximum atomic E-state index is 14.7. The van der Waals surface area contributed by atoms with E-state index in [0.717, 1.165) is 49.7 Å². The summed E-state index contributed by atoms with van der Waals surface area (Å²) in [6, 6.07) is 20.5. The number of aliphatic imine (C=N–C) groups is 1. The van der Waals surface area contributed by atoms with E-state index in [1.54, 1.807) is 24.3 Å². The maximum absolute atomic E-state index is 14.7. The van der Waals surface area contributed by atoms with Crippen molar-refractivity contribution in [3.8, 4) is 5.75 Å². The number of amidine groups is 1. The Morgan fingerprint density at radius 3 is 2.25 bits per heavy atom. The summed E-state index contributed by atoms with van der Waals surface area (Å²) >= 11 is 13.5. The SMILES string of the molecule is CC(C)C1CCC2(CC1)N=C(c1cc(Cl)c(OCc3ccccc3)c(Cl)c1)C(=O)N2[C@@H](c1ccc(C(=O)NC/C(N)=N/N)cc1)C1CC1. The molecule has 0 radical (unpaired) electrons. The number of amides is 2. The highest BCUT2D eigenvalue weighted by molar-refractivity contribution is 6.48. The second kappa shape index (κ2) is 14.2. The number of halogens is 2. The van der Waals surface area contributed by atoms with Crippen LogP contribution in [0.25, 0.3) is 0 Å². The van der Waals surface area contributed by atoms with E-state index in [-0.39, 0.29) is 30.2 Å². The van der Waals surface area contributed by atoms with Crippen LogP contribution in [-0.4, -0.2) is 40.5 Å². The molecule has 11 heteroatoms. The molecule has 1 spiro atoms. The molecular formula is C37H42Cl2N6O3. The minimum Gasteiger partial charge on any atom is -0.486 e. The van der Waals surface area contributed by atoms with Gasteiger partial charge in [-0.1, -0.05) is 79.5 Å². The first-order chi connectivity index (χ1) is 23.1. The molecule has 2 aliphatic carbocycles. The van der Waals surface area contributed by atoms with Gasteiger partial charge in [-0.2, -0.15) is 5.10 Å². The molecule has 6 rings (SSSR count). The number of hydrogen-bond donors (Lipinski definition) is 3. The Kier molecular flexibility index (Phi) is 9.99. The van der Waals surface area contributed by atoms with E-state index in [0.29, 0.717) is 57.0 Å². The third-order valence-electron chi connectivity index (χ3n) is 9.92. The molecule has 0 saturated heterocycles. The second-order valence-corrected chi connectivity index (χ2v) is 14.3.